The van der Waals surface area contributed by atoms with Gasteiger partial charge in [-0.2, -0.15) is 0 Å². The van der Waals surface area contributed by atoms with Crippen molar-refractivity contribution in [2.45, 2.75) is 19.4 Å². The first-order valence-electron chi connectivity index (χ1n) is 9.13. The molecule has 7 heteroatoms. The summed E-state index contributed by atoms with van der Waals surface area (Å²) >= 11 is 0. The molecular formula is C19H27FN4O2. The van der Waals surface area contributed by atoms with Crippen molar-refractivity contribution in [1.82, 2.24) is 4.90 Å². The monoisotopic (exact) mass is 362 g/mol. The molecule has 2 aliphatic rings. The molecule has 2 N–H and O–H groups in total. The Morgan fingerprint density at radius 2 is 2.08 bits per heavy atom. The molecule has 1 amide bonds. The first-order chi connectivity index (χ1) is 12.6. The Hall–Kier alpha value is -2.15. The van der Waals surface area contributed by atoms with E-state index in [1.807, 2.05) is 17.0 Å². The number of methoxy groups -OCH3 is 1. The van der Waals surface area contributed by atoms with Crippen molar-refractivity contribution in [2.75, 3.05) is 44.8 Å². The Labute approximate surface area is 153 Å². The van der Waals surface area contributed by atoms with Crippen LogP contribution in [0.3, 0.4) is 0 Å². The second kappa shape index (κ2) is 8.49. The minimum absolute atomic E-state index is 0.0696. The molecule has 142 valence electrons. The Morgan fingerprint density at radius 1 is 1.35 bits per heavy atom. The van der Waals surface area contributed by atoms with Crippen LogP contribution in [-0.2, 0) is 16.1 Å². The van der Waals surface area contributed by atoms with Gasteiger partial charge in [0.05, 0.1) is 18.6 Å². The van der Waals surface area contributed by atoms with Crippen molar-refractivity contribution < 1.29 is 13.9 Å². The fraction of sp³-hybridized carbons (Fsp3) is 0.579. The highest BCUT2D eigenvalue weighted by Gasteiger charge is 2.37. The molecule has 0 radical (unpaired) electrons. The predicted molar refractivity (Wildman–Crippen MR) is 99.7 cm³/mol. The first kappa shape index (κ1) is 18.6. The first-order valence-corrected chi connectivity index (χ1v) is 9.13. The molecular weight excluding hydrogens is 335 g/mol. The highest BCUT2D eigenvalue weighted by Crippen LogP contribution is 2.36. The van der Waals surface area contributed by atoms with E-state index < -0.39 is 0 Å². The van der Waals surface area contributed by atoms with Crippen molar-refractivity contribution in [3.63, 3.8) is 0 Å². The van der Waals surface area contributed by atoms with Crippen LogP contribution in [0, 0.1) is 17.7 Å². The van der Waals surface area contributed by atoms with Crippen LogP contribution >= 0.6 is 0 Å². The topological polar surface area (TPSA) is 71.2 Å². The van der Waals surface area contributed by atoms with E-state index >= 15 is 0 Å². The van der Waals surface area contributed by atoms with E-state index in [2.05, 4.69) is 9.89 Å². The molecule has 2 heterocycles. The van der Waals surface area contributed by atoms with Crippen LogP contribution in [0.4, 0.5) is 10.1 Å². The summed E-state index contributed by atoms with van der Waals surface area (Å²) in [6.07, 6.45) is 3.24. The lowest BCUT2D eigenvalue weighted by Gasteiger charge is -2.47. The summed E-state index contributed by atoms with van der Waals surface area (Å²) in [6.45, 7) is 3.76. The molecule has 0 unspecified atom stereocenters. The van der Waals surface area contributed by atoms with Gasteiger partial charge in [-0.3, -0.25) is 9.79 Å². The fourth-order valence-corrected chi connectivity index (χ4v) is 3.93. The molecule has 6 nitrogen and oxygen atoms in total. The van der Waals surface area contributed by atoms with Crippen LogP contribution in [0.15, 0.2) is 23.2 Å². The standard InChI is InChI=1S/C19H27FN4O2/c1-26-12-18(25)23-7-5-14(6-8-23)16-10-24(11-16)17-4-2-3-15(19(17)20)9-22-13-21/h2-4,13-14,16H,5-12H2,1H3,(H2,21,22). The van der Waals surface area contributed by atoms with Gasteiger partial charge in [-0.1, -0.05) is 12.1 Å². The number of ether oxygens (including phenoxy) is 1. The van der Waals surface area contributed by atoms with Crippen LogP contribution in [0.5, 0.6) is 0 Å². The zero-order valence-electron chi connectivity index (χ0n) is 15.2. The molecule has 2 saturated heterocycles. The van der Waals surface area contributed by atoms with E-state index in [1.54, 1.807) is 13.2 Å². The van der Waals surface area contributed by atoms with Gasteiger partial charge in [-0.05, 0) is 30.7 Å². The van der Waals surface area contributed by atoms with Crippen LogP contribution in [0.2, 0.25) is 0 Å². The molecule has 3 rings (SSSR count). The summed E-state index contributed by atoms with van der Waals surface area (Å²) in [5.74, 6) is 1.04. The summed E-state index contributed by atoms with van der Waals surface area (Å²) < 4.78 is 19.6. The number of hydrogen-bond donors (Lipinski definition) is 1. The number of anilines is 1. The molecule has 1 aromatic carbocycles. The van der Waals surface area contributed by atoms with E-state index in [-0.39, 0.29) is 24.9 Å². The van der Waals surface area contributed by atoms with Crippen LogP contribution < -0.4 is 10.6 Å². The molecule has 0 saturated carbocycles. The summed E-state index contributed by atoms with van der Waals surface area (Å²) in [6, 6.07) is 5.44. The van der Waals surface area contributed by atoms with Crippen molar-refractivity contribution in [3.05, 3.63) is 29.6 Å². The summed E-state index contributed by atoms with van der Waals surface area (Å²) in [7, 11) is 1.55. The third-order valence-electron chi connectivity index (χ3n) is 5.50. The number of hydrogen-bond acceptors (Lipinski definition) is 4. The highest BCUT2D eigenvalue weighted by molar-refractivity contribution is 5.77. The summed E-state index contributed by atoms with van der Waals surface area (Å²) in [4.78, 5) is 19.8. The maximum Gasteiger partial charge on any atom is 0.248 e. The normalized spacial score (nSPS) is 19.2. The summed E-state index contributed by atoms with van der Waals surface area (Å²) in [5.41, 5.74) is 6.47. The number of rotatable bonds is 6. The van der Waals surface area contributed by atoms with E-state index in [1.165, 1.54) is 6.34 Å². The van der Waals surface area contributed by atoms with E-state index in [9.17, 15) is 9.18 Å². The fourth-order valence-electron chi connectivity index (χ4n) is 3.93. The van der Waals surface area contributed by atoms with Gasteiger partial charge in [-0.25, -0.2) is 4.39 Å². The Balaban J connectivity index is 1.51. The van der Waals surface area contributed by atoms with Crippen molar-refractivity contribution in [1.29, 1.82) is 0 Å². The van der Waals surface area contributed by atoms with Gasteiger partial charge in [0.2, 0.25) is 5.91 Å². The lowest BCUT2D eigenvalue weighted by atomic mass is 9.79. The van der Waals surface area contributed by atoms with Crippen LogP contribution in [-0.4, -0.2) is 57.0 Å². The van der Waals surface area contributed by atoms with E-state index in [0.717, 1.165) is 39.0 Å². The number of likely N-dealkylation sites (tertiary alicyclic amines) is 1. The number of carbonyl (C=O) groups is 1. The van der Waals surface area contributed by atoms with E-state index in [4.69, 9.17) is 10.5 Å². The third kappa shape index (κ3) is 3.98. The number of halogens is 1. The van der Waals surface area contributed by atoms with Crippen LogP contribution in [0.25, 0.3) is 0 Å². The maximum atomic E-state index is 14.6. The number of aliphatic imine (C=N–C) groups is 1. The number of nitrogens with zero attached hydrogens (tertiary/aromatic N) is 3. The van der Waals surface area contributed by atoms with Gasteiger partial charge in [-0.15, -0.1) is 0 Å². The Kier molecular flexibility index (Phi) is 6.08. The molecule has 2 aliphatic heterocycles. The molecule has 1 aromatic rings. The van der Waals surface area contributed by atoms with Crippen LogP contribution in [0.1, 0.15) is 18.4 Å². The maximum absolute atomic E-state index is 14.6. The number of benzene rings is 1. The van der Waals surface area contributed by atoms with Gasteiger partial charge in [0.1, 0.15) is 6.61 Å². The number of nitrogens with two attached hydrogens (primary N) is 1. The second-order valence-corrected chi connectivity index (χ2v) is 7.06. The van der Waals surface area contributed by atoms with Crippen molar-refractivity contribution >= 4 is 17.9 Å². The molecule has 0 spiro atoms. The van der Waals surface area contributed by atoms with Crippen molar-refractivity contribution in [2.24, 2.45) is 22.6 Å². The van der Waals surface area contributed by atoms with Gasteiger partial charge in [0.25, 0.3) is 0 Å². The Bertz CT molecular complexity index is 653. The molecule has 2 fully saturated rings. The van der Waals surface area contributed by atoms with E-state index in [0.29, 0.717) is 23.1 Å². The lowest BCUT2D eigenvalue weighted by Crippen LogP contribution is -2.53. The lowest BCUT2D eigenvalue weighted by molar-refractivity contribution is -0.136. The predicted octanol–water partition coefficient (Wildman–Crippen LogP) is 1.63. The van der Waals surface area contributed by atoms with Gasteiger partial charge in [0.15, 0.2) is 5.82 Å². The zero-order valence-corrected chi connectivity index (χ0v) is 15.2. The highest BCUT2D eigenvalue weighted by atomic mass is 19.1. The third-order valence-corrected chi connectivity index (χ3v) is 5.50. The SMILES string of the molecule is COCC(=O)N1CCC(C2CN(c3cccc(CN=CN)c3F)C2)CC1. The summed E-state index contributed by atoms with van der Waals surface area (Å²) in [5, 5.41) is 0. The smallest absolute Gasteiger partial charge is 0.248 e. The average molecular weight is 362 g/mol. The van der Waals surface area contributed by atoms with Gasteiger partial charge in [0, 0.05) is 38.9 Å². The molecule has 26 heavy (non-hydrogen) atoms. The Morgan fingerprint density at radius 3 is 2.73 bits per heavy atom. The molecule has 0 aliphatic carbocycles. The van der Waals surface area contributed by atoms with Crippen molar-refractivity contribution in [3.8, 4) is 0 Å². The van der Waals surface area contributed by atoms with Gasteiger partial charge < -0.3 is 20.3 Å². The minimum atomic E-state index is -0.198. The number of carbonyl (C=O) groups excluding carboxylic acids is 1. The second-order valence-electron chi connectivity index (χ2n) is 7.06. The minimum Gasteiger partial charge on any atom is -0.390 e. The number of amides is 1. The van der Waals surface area contributed by atoms with Gasteiger partial charge >= 0.3 is 0 Å². The molecule has 0 aromatic heterocycles. The molecule has 0 atom stereocenters. The largest absolute Gasteiger partial charge is 0.390 e. The zero-order chi connectivity index (χ0) is 18.5. The molecule has 0 bridgehead atoms. The number of piperidine rings is 1. The quantitative estimate of drug-likeness (QED) is 0.617. The average Bonchev–Trinajstić information content (AvgIpc) is 2.61.